The van der Waals surface area contributed by atoms with E-state index in [4.69, 9.17) is 10.5 Å². The second-order valence-electron chi connectivity index (χ2n) is 5.47. The molecule has 3 rings (SSSR count). The van der Waals surface area contributed by atoms with E-state index >= 15 is 0 Å². The summed E-state index contributed by atoms with van der Waals surface area (Å²) >= 11 is 0. The summed E-state index contributed by atoms with van der Waals surface area (Å²) in [5.74, 6) is 0.722. The van der Waals surface area contributed by atoms with Crippen molar-refractivity contribution in [2.24, 2.45) is 5.73 Å². The Kier molecular flexibility index (Phi) is 4.11. The Bertz CT molecular complexity index is 705. The summed E-state index contributed by atoms with van der Waals surface area (Å²) in [5.41, 5.74) is 8.12. The molecule has 0 amide bonds. The third-order valence-electron chi connectivity index (χ3n) is 4.05. The molecule has 0 spiro atoms. The van der Waals surface area contributed by atoms with Crippen molar-refractivity contribution in [3.05, 3.63) is 40.9 Å². The van der Waals surface area contributed by atoms with Crippen molar-refractivity contribution < 1.29 is 4.74 Å². The van der Waals surface area contributed by atoms with E-state index in [1.807, 2.05) is 24.3 Å². The quantitative estimate of drug-likeness (QED) is 0.894. The fraction of sp³-hybridized carbons (Fsp3) is 0.375. The number of piperidine rings is 1. The largest absolute Gasteiger partial charge is 0.496 e. The zero-order valence-electron chi connectivity index (χ0n) is 12.6. The van der Waals surface area contributed by atoms with Crippen LogP contribution in [-0.2, 0) is 0 Å². The summed E-state index contributed by atoms with van der Waals surface area (Å²) < 4.78 is 5.42. The summed E-state index contributed by atoms with van der Waals surface area (Å²) in [5, 5.41) is 0. The van der Waals surface area contributed by atoms with E-state index in [1.54, 1.807) is 13.3 Å². The molecule has 1 saturated heterocycles. The van der Waals surface area contributed by atoms with Crippen LogP contribution in [0, 0.1) is 0 Å². The molecule has 6 heteroatoms. The van der Waals surface area contributed by atoms with Gasteiger partial charge in [-0.05, 0) is 25.0 Å². The fourth-order valence-corrected chi connectivity index (χ4v) is 2.82. The summed E-state index contributed by atoms with van der Waals surface area (Å²) in [6, 6.07) is 7.89. The van der Waals surface area contributed by atoms with Gasteiger partial charge >= 0.3 is 5.69 Å². The van der Waals surface area contributed by atoms with Crippen LogP contribution in [-0.4, -0.2) is 36.2 Å². The molecule has 3 N–H and O–H groups in total. The maximum Gasteiger partial charge on any atom is 0.345 e. The van der Waals surface area contributed by atoms with Gasteiger partial charge in [0.2, 0.25) is 0 Å². The van der Waals surface area contributed by atoms with Crippen molar-refractivity contribution in [3.8, 4) is 17.0 Å². The Balaban J connectivity index is 2.07. The average molecular weight is 300 g/mol. The fourth-order valence-electron chi connectivity index (χ4n) is 2.82. The maximum absolute atomic E-state index is 11.7. The van der Waals surface area contributed by atoms with Gasteiger partial charge in [0.15, 0.2) is 0 Å². The number of aromatic nitrogens is 2. The zero-order valence-corrected chi connectivity index (χ0v) is 12.6. The highest BCUT2D eigenvalue weighted by atomic mass is 16.5. The molecular weight excluding hydrogens is 280 g/mol. The number of nitrogens with two attached hydrogens (primary N) is 1. The predicted molar refractivity (Wildman–Crippen MR) is 86.3 cm³/mol. The third kappa shape index (κ3) is 2.82. The van der Waals surface area contributed by atoms with Crippen molar-refractivity contribution in [3.63, 3.8) is 0 Å². The summed E-state index contributed by atoms with van der Waals surface area (Å²) in [6.07, 6.45) is 3.51. The highest BCUT2D eigenvalue weighted by molar-refractivity contribution is 5.78. The van der Waals surface area contributed by atoms with Gasteiger partial charge in [-0.1, -0.05) is 12.1 Å². The highest BCUT2D eigenvalue weighted by Crippen LogP contribution is 2.34. The molecule has 2 aromatic rings. The van der Waals surface area contributed by atoms with Gasteiger partial charge in [-0.2, -0.15) is 4.98 Å². The lowest BCUT2D eigenvalue weighted by Crippen LogP contribution is -2.40. The standard InChI is InChI=1S/C16H20N4O2/c1-22-14-5-3-2-4-12(14)15-13(10-18-16(21)19-15)20-8-6-11(17)7-9-20/h2-5,10-11H,6-9,17H2,1H3,(H,18,19,21). The van der Waals surface area contributed by atoms with Crippen LogP contribution in [0.2, 0.25) is 0 Å². The van der Waals surface area contributed by atoms with E-state index in [-0.39, 0.29) is 11.7 Å². The van der Waals surface area contributed by atoms with Gasteiger partial charge in [-0.25, -0.2) is 4.79 Å². The molecular formula is C16H20N4O2. The normalized spacial score (nSPS) is 15.8. The third-order valence-corrected chi connectivity index (χ3v) is 4.05. The van der Waals surface area contributed by atoms with Crippen LogP contribution >= 0.6 is 0 Å². The van der Waals surface area contributed by atoms with E-state index in [1.165, 1.54) is 0 Å². The van der Waals surface area contributed by atoms with Crippen LogP contribution < -0.4 is 21.1 Å². The number of ether oxygens (including phenoxy) is 1. The summed E-state index contributed by atoms with van der Waals surface area (Å²) in [7, 11) is 1.62. The van der Waals surface area contributed by atoms with E-state index < -0.39 is 0 Å². The van der Waals surface area contributed by atoms with Crippen molar-refractivity contribution in [2.45, 2.75) is 18.9 Å². The number of hydrogen-bond acceptors (Lipinski definition) is 5. The monoisotopic (exact) mass is 300 g/mol. The van der Waals surface area contributed by atoms with Gasteiger partial charge in [-0.3, -0.25) is 0 Å². The van der Waals surface area contributed by atoms with E-state index in [0.29, 0.717) is 0 Å². The molecule has 0 radical (unpaired) electrons. The first-order chi connectivity index (χ1) is 10.7. The summed E-state index contributed by atoms with van der Waals surface area (Å²) in [6.45, 7) is 1.72. The lowest BCUT2D eigenvalue weighted by molar-refractivity contribution is 0.416. The molecule has 1 aromatic carbocycles. The number of H-pyrrole nitrogens is 1. The first-order valence-electron chi connectivity index (χ1n) is 7.42. The van der Waals surface area contributed by atoms with Crippen LogP contribution in [0.4, 0.5) is 5.69 Å². The molecule has 0 saturated carbocycles. The number of hydrogen-bond donors (Lipinski definition) is 2. The van der Waals surface area contributed by atoms with Gasteiger partial charge in [0, 0.05) is 24.7 Å². The van der Waals surface area contributed by atoms with Crippen molar-refractivity contribution in [2.75, 3.05) is 25.1 Å². The van der Waals surface area contributed by atoms with Crippen LogP contribution in [0.25, 0.3) is 11.3 Å². The predicted octanol–water partition coefficient (Wildman–Crippen LogP) is 1.37. The minimum Gasteiger partial charge on any atom is -0.496 e. The number of anilines is 1. The first-order valence-corrected chi connectivity index (χ1v) is 7.42. The molecule has 6 nitrogen and oxygen atoms in total. The summed E-state index contributed by atoms with van der Waals surface area (Å²) in [4.78, 5) is 20.7. The topological polar surface area (TPSA) is 84.2 Å². The smallest absolute Gasteiger partial charge is 0.345 e. The minimum atomic E-state index is -0.363. The zero-order chi connectivity index (χ0) is 15.5. The Morgan fingerprint density at radius 2 is 2.05 bits per heavy atom. The molecule has 1 aliphatic heterocycles. The van der Waals surface area contributed by atoms with Crippen LogP contribution in [0.1, 0.15) is 12.8 Å². The van der Waals surface area contributed by atoms with Gasteiger partial charge in [0.05, 0.1) is 24.7 Å². The maximum atomic E-state index is 11.7. The van der Waals surface area contributed by atoms with Crippen molar-refractivity contribution >= 4 is 5.69 Å². The molecule has 22 heavy (non-hydrogen) atoms. The molecule has 116 valence electrons. The number of rotatable bonds is 3. The molecule has 0 bridgehead atoms. The number of benzene rings is 1. The van der Waals surface area contributed by atoms with Crippen LogP contribution in [0.3, 0.4) is 0 Å². The van der Waals surface area contributed by atoms with Crippen molar-refractivity contribution in [1.82, 2.24) is 9.97 Å². The van der Waals surface area contributed by atoms with Gasteiger partial charge in [0.25, 0.3) is 0 Å². The number of para-hydroxylation sites is 1. The van der Waals surface area contributed by atoms with E-state index in [9.17, 15) is 4.79 Å². The molecule has 1 aliphatic rings. The second kappa shape index (κ2) is 6.19. The molecule has 1 fully saturated rings. The average Bonchev–Trinajstić information content (AvgIpc) is 2.56. The number of nitrogens with one attached hydrogen (secondary N) is 1. The highest BCUT2D eigenvalue weighted by Gasteiger charge is 2.21. The van der Waals surface area contributed by atoms with Gasteiger partial charge < -0.3 is 20.4 Å². The van der Waals surface area contributed by atoms with E-state index in [2.05, 4.69) is 14.9 Å². The number of nitrogens with zero attached hydrogens (tertiary/aromatic N) is 2. The lowest BCUT2D eigenvalue weighted by Gasteiger charge is -2.32. The Labute approximate surface area is 128 Å². The minimum absolute atomic E-state index is 0.252. The molecule has 0 unspecified atom stereocenters. The molecule has 2 heterocycles. The molecule has 1 aromatic heterocycles. The Morgan fingerprint density at radius 1 is 1.32 bits per heavy atom. The molecule has 0 aliphatic carbocycles. The molecule has 0 atom stereocenters. The van der Waals surface area contributed by atoms with Crippen molar-refractivity contribution in [1.29, 1.82) is 0 Å². The first kappa shape index (κ1) is 14.6. The van der Waals surface area contributed by atoms with Gasteiger partial charge in [0.1, 0.15) is 5.75 Å². The lowest BCUT2D eigenvalue weighted by atomic mass is 10.0. The van der Waals surface area contributed by atoms with Gasteiger partial charge in [-0.15, -0.1) is 0 Å². The number of aromatic amines is 1. The second-order valence-corrected chi connectivity index (χ2v) is 5.47. The Hall–Kier alpha value is -2.34. The van der Waals surface area contributed by atoms with E-state index in [0.717, 1.165) is 48.6 Å². The Morgan fingerprint density at radius 3 is 2.77 bits per heavy atom. The van der Waals surface area contributed by atoms with Crippen LogP contribution in [0.15, 0.2) is 35.3 Å². The SMILES string of the molecule is COc1ccccc1-c1[nH]c(=O)ncc1N1CCC(N)CC1. The van der Waals surface area contributed by atoms with Crippen LogP contribution in [0.5, 0.6) is 5.75 Å². The number of methoxy groups -OCH3 is 1.